The van der Waals surface area contributed by atoms with Gasteiger partial charge in [-0.05, 0) is 24.3 Å². The van der Waals surface area contributed by atoms with E-state index >= 15 is 0 Å². The van der Waals surface area contributed by atoms with Crippen molar-refractivity contribution >= 4 is 22.6 Å². The molecule has 2 aromatic carbocycles. The molecule has 19 heavy (non-hydrogen) atoms. The Morgan fingerprint density at radius 3 is 2.42 bits per heavy atom. The van der Waals surface area contributed by atoms with E-state index in [4.69, 9.17) is 16.3 Å². The summed E-state index contributed by atoms with van der Waals surface area (Å²) in [5.74, 6) is 0.0971. The fourth-order valence-electron chi connectivity index (χ4n) is 1.67. The van der Waals surface area contributed by atoms with Crippen LogP contribution in [0.5, 0.6) is 11.6 Å². The van der Waals surface area contributed by atoms with Crippen LogP contribution in [0, 0.1) is 5.82 Å². The Labute approximate surface area is 113 Å². The first-order valence-electron chi connectivity index (χ1n) is 5.58. The summed E-state index contributed by atoms with van der Waals surface area (Å²) in [6.45, 7) is 0. The fourth-order valence-corrected chi connectivity index (χ4v) is 1.84. The molecule has 0 atom stereocenters. The largest absolute Gasteiger partial charge is 0.436 e. The average molecular weight is 275 g/mol. The highest BCUT2D eigenvalue weighted by Gasteiger charge is 2.09. The van der Waals surface area contributed by atoms with Crippen molar-refractivity contribution in [3.8, 4) is 11.6 Å². The maximum Gasteiger partial charge on any atom is 0.258 e. The molecule has 3 nitrogen and oxygen atoms in total. The minimum absolute atomic E-state index is 0.142. The lowest BCUT2D eigenvalue weighted by Crippen LogP contribution is -1.93. The summed E-state index contributed by atoms with van der Waals surface area (Å²) in [5.41, 5.74) is 1.34. The monoisotopic (exact) mass is 274 g/mol. The predicted octanol–water partition coefficient (Wildman–Crippen LogP) is 4.21. The fraction of sp³-hybridized carbons (Fsp3) is 0. The van der Waals surface area contributed by atoms with Gasteiger partial charge in [0.05, 0.1) is 11.0 Å². The molecule has 0 N–H and O–H groups in total. The van der Waals surface area contributed by atoms with Crippen molar-refractivity contribution in [3.63, 3.8) is 0 Å². The lowest BCUT2D eigenvalue weighted by Gasteiger charge is -2.07. The summed E-state index contributed by atoms with van der Waals surface area (Å²) in [7, 11) is 0. The van der Waals surface area contributed by atoms with Crippen LogP contribution in [0.15, 0.2) is 48.5 Å². The van der Waals surface area contributed by atoms with E-state index in [1.54, 1.807) is 24.3 Å². The van der Waals surface area contributed by atoms with Crippen LogP contribution in [0.4, 0.5) is 4.39 Å². The number of hydrogen-bond acceptors (Lipinski definition) is 3. The van der Waals surface area contributed by atoms with Gasteiger partial charge in [0, 0.05) is 6.07 Å². The van der Waals surface area contributed by atoms with Crippen molar-refractivity contribution in [2.24, 2.45) is 0 Å². The van der Waals surface area contributed by atoms with E-state index in [0.717, 1.165) is 0 Å². The molecule has 0 aliphatic carbocycles. The van der Waals surface area contributed by atoms with E-state index in [-0.39, 0.29) is 16.9 Å². The SMILES string of the molecule is Fc1cccc(Oc2nc3ccccc3nc2Cl)c1. The van der Waals surface area contributed by atoms with Gasteiger partial charge in [-0.25, -0.2) is 14.4 Å². The van der Waals surface area contributed by atoms with Gasteiger partial charge in [0.2, 0.25) is 0 Å². The van der Waals surface area contributed by atoms with Gasteiger partial charge in [-0.2, -0.15) is 0 Å². The molecule has 0 saturated heterocycles. The lowest BCUT2D eigenvalue weighted by molar-refractivity contribution is 0.458. The average Bonchev–Trinajstić information content (AvgIpc) is 2.40. The molecular weight excluding hydrogens is 267 g/mol. The van der Waals surface area contributed by atoms with Crippen LogP contribution < -0.4 is 4.74 Å². The topological polar surface area (TPSA) is 35.0 Å². The van der Waals surface area contributed by atoms with Crippen LogP contribution in [-0.2, 0) is 0 Å². The normalized spacial score (nSPS) is 10.6. The zero-order valence-corrected chi connectivity index (χ0v) is 10.4. The Morgan fingerprint density at radius 1 is 0.947 bits per heavy atom. The first kappa shape index (κ1) is 11.9. The molecule has 0 radical (unpaired) electrons. The number of ether oxygens (including phenoxy) is 1. The highest BCUT2D eigenvalue weighted by atomic mass is 35.5. The third kappa shape index (κ3) is 2.48. The van der Waals surface area contributed by atoms with Gasteiger partial charge < -0.3 is 4.74 Å². The van der Waals surface area contributed by atoms with Crippen molar-refractivity contribution in [2.75, 3.05) is 0 Å². The van der Waals surface area contributed by atoms with E-state index in [1.165, 1.54) is 12.1 Å². The maximum absolute atomic E-state index is 13.1. The summed E-state index contributed by atoms with van der Waals surface area (Å²) in [5, 5.41) is 0.142. The van der Waals surface area contributed by atoms with Gasteiger partial charge in [0.1, 0.15) is 11.6 Å². The van der Waals surface area contributed by atoms with Gasteiger partial charge in [0.25, 0.3) is 5.88 Å². The Hall–Kier alpha value is -2.20. The zero-order valence-electron chi connectivity index (χ0n) is 9.68. The summed E-state index contributed by atoms with van der Waals surface area (Å²) in [6.07, 6.45) is 0. The molecule has 0 aliphatic rings. The molecule has 1 aromatic heterocycles. The summed E-state index contributed by atoms with van der Waals surface area (Å²) >= 11 is 6.00. The van der Waals surface area contributed by atoms with Gasteiger partial charge in [-0.3, -0.25) is 0 Å². The molecule has 1 heterocycles. The number of benzene rings is 2. The number of aromatic nitrogens is 2. The summed E-state index contributed by atoms with van der Waals surface area (Å²) < 4.78 is 18.5. The molecule has 94 valence electrons. The number of nitrogens with zero attached hydrogens (tertiary/aromatic N) is 2. The maximum atomic E-state index is 13.1. The number of hydrogen-bond donors (Lipinski definition) is 0. The molecule has 0 unspecified atom stereocenters. The van der Waals surface area contributed by atoms with Crippen molar-refractivity contribution in [2.45, 2.75) is 0 Å². The molecule has 0 amide bonds. The number of para-hydroxylation sites is 2. The van der Waals surface area contributed by atoms with Crippen LogP contribution >= 0.6 is 11.6 Å². The van der Waals surface area contributed by atoms with Gasteiger partial charge >= 0.3 is 0 Å². The second-order valence-electron chi connectivity index (χ2n) is 3.87. The Kier molecular flexibility index (Phi) is 3.01. The Bertz CT molecular complexity index is 748. The third-order valence-corrected chi connectivity index (χ3v) is 2.76. The number of rotatable bonds is 2. The number of halogens is 2. The van der Waals surface area contributed by atoms with Crippen LogP contribution in [0.25, 0.3) is 11.0 Å². The molecule has 3 rings (SSSR count). The standard InChI is InChI=1S/C14H8ClFN2O/c15-13-14(19-10-5-3-4-9(16)8-10)18-12-7-2-1-6-11(12)17-13/h1-8H. The van der Waals surface area contributed by atoms with Gasteiger partial charge in [-0.1, -0.05) is 29.8 Å². The van der Waals surface area contributed by atoms with Gasteiger partial charge in [-0.15, -0.1) is 0 Å². The minimum Gasteiger partial charge on any atom is -0.436 e. The molecule has 0 spiro atoms. The molecule has 0 fully saturated rings. The highest BCUT2D eigenvalue weighted by Crippen LogP contribution is 2.28. The Morgan fingerprint density at radius 2 is 1.68 bits per heavy atom. The van der Waals surface area contributed by atoms with Crippen molar-refractivity contribution < 1.29 is 9.13 Å². The van der Waals surface area contributed by atoms with Crippen molar-refractivity contribution in [1.29, 1.82) is 0 Å². The first-order chi connectivity index (χ1) is 9.22. The highest BCUT2D eigenvalue weighted by molar-refractivity contribution is 6.31. The second kappa shape index (κ2) is 4.82. The van der Waals surface area contributed by atoms with E-state index in [2.05, 4.69) is 9.97 Å². The van der Waals surface area contributed by atoms with Gasteiger partial charge in [0.15, 0.2) is 5.15 Å². The van der Waals surface area contributed by atoms with Crippen molar-refractivity contribution in [1.82, 2.24) is 9.97 Å². The lowest BCUT2D eigenvalue weighted by atomic mass is 10.3. The zero-order chi connectivity index (χ0) is 13.2. The van der Waals surface area contributed by atoms with E-state index < -0.39 is 0 Å². The molecule has 5 heteroatoms. The molecule has 0 saturated carbocycles. The second-order valence-corrected chi connectivity index (χ2v) is 4.23. The van der Waals surface area contributed by atoms with E-state index in [0.29, 0.717) is 16.8 Å². The van der Waals surface area contributed by atoms with E-state index in [9.17, 15) is 4.39 Å². The van der Waals surface area contributed by atoms with Crippen LogP contribution in [0.3, 0.4) is 0 Å². The van der Waals surface area contributed by atoms with Crippen molar-refractivity contribution in [3.05, 3.63) is 59.5 Å². The molecule has 0 aliphatic heterocycles. The summed E-state index contributed by atoms with van der Waals surface area (Å²) in [4.78, 5) is 8.44. The minimum atomic E-state index is -0.387. The molecule has 3 aromatic rings. The van der Waals surface area contributed by atoms with Crippen LogP contribution in [-0.4, -0.2) is 9.97 Å². The van der Waals surface area contributed by atoms with Crippen LogP contribution in [0.1, 0.15) is 0 Å². The smallest absolute Gasteiger partial charge is 0.258 e. The number of fused-ring (bicyclic) bond motifs is 1. The third-order valence-electron chi connectivity index (χ3n) is 2.51. The van der Waals surface area contributed by atoms with Crippen LogP contribution in [0.2, 0.25) is 5.15 Å². The quantitative estimate of drug-likeness (QED) is 0.702. The summed E-state index contributed by atoms with van der Waals surface area (Å²) in [6, 6.07) is 13.1. The molecular formula is C14H8ClFN2O. The van der Waals surface area contributed by atoms with E-state index in [1.807, 2.05) is 12.1 Å². The Balaban J connectivity index is 2.03. The predicted molar refractivity (Wildman–Crippen MR) is 71.0 cm³/mol. The first-order valence-corrected chi connectivity index (χ1v) is 5.96. The molecule has 0 bridgehead atoms.